The molecule has 0 heterocycles. The van der Waals surface area contributed by atoms with Gasteiger partial charge < -0.3 is 4.90 Å². The second-order valence-electron chi connectivity index (χ2n) is 13.2. The van der Waals surface area contributed by atoms with E-state index in [1.165, 1.54) is 44.5 Å². The summed E-state index contributed by atoms with van der Waals surface area (Å²) in [7, 11) is 0. The smallest absolute Gasteiger partial charge is 0.108 e. The van der Waals surface area contributed by atoms with E-state index >= 15 is 0 Å². The Bertz CT molecular complexity index is 2490. The van der Waals surface area contributed by atoms with E-state index in [0.717, 1.165) is 28.2 Å². The molecular weight excluding hydrogens is 627 g/mol. The van der Waals surface area contributed by atoms with Gasteiger partial charge in [-0.2, -0.15) is 0 Å². The summed E-state index contributed by atoms with van der Waals surface area (Å²) in [5.74, 6) is 7.48. The molecule has 8 aromatic carbocycles. The van der Waals surface area contributed by atoms with E-state index in [9.17, 15) is 0 Å². The molecule has 1 atom stereocenters. The van der Waals surface area contributed by atoms with Crippen molar-refractivity contribution in [2.24, 2.45) is 0 Å². The molecule has 0 saturated carbocycles. The zero-order chi connectivity index (χ0) is 34.7. The minimum absolute atomic E-state index is 0.666. The second kappa shape index (κ2) is 13.4. The normalized spacial score (nSPS) is 14.1. The van der Waals surface area contributed by atoms with Crippen molar-refractivity contribution in [1.82, 2.24) is 0 Å². The van der Waals surface area contributed by atoms with Crippen LogP contribution in [0.2, 0.25) is 0 Å². The molecule has 0 aliphatic heterocycles. The van der Waals surface area contributed by atoms with Gasteiger partial charge in [-0.25, -0.2) is 0 Å². The number of hydrogen-bond donors (Lipinski definition) is 0. The minimum Gasteiger partial charge on any atom is -0.310 e. The van der Waals surface area contributed by atoms with Crippen molar-refractivity contribution < 1.29 is 0 Å². The molecule has 0 saturated heterocycles. The van der Waals surface area contributed by atoms with Gasteiger partial charge in [0.1, 0.15) is 5.41 Å². The first kappa shape index (κ1) is 31.1. The fourth-order valence-corrected chi connectivity index (χ4v) is 7.62. The standard InChI is InChI=1S/C51H35N/c1-5-15-38(16-6-1)35-36-51(43-31-29-42(30-32-43)41-27-25-40(26-28-41)39-17-7-2-8-18-39)49-24-14-13-23-47(49)48-37-46(33-34-50(48)51)52(44-19-9-3-10-20-44)45-21-11-4-12-22-45/h1-34,37H. The third kappa shape index (κ3) is 5.58. The molecule has 52 heavy (non-hydrogen) atoms. The Morgan fingerprint density at radius 2 is 0.808 bits per heavy atom. The van der Waals surface area contributed by atoms with Gasteiger partial charge in [-0.05, 0) is 98.6 Å². The summed E-state index contributed by atoms with van der Waals surface area (Å²) in [5, 5.41) is 0. The second-order valence-corrected chi connectivity index (χ2v) is 13.2. The summed E-state index contributed by atoms with van der Waals surface area (Å²) >= 11 is 0. The lowest BCUT2D eigenvalue weighted by molar-refractivity contribution is 0.837. The van der Waals surface area contributed by atoms with Gasteiger partial charge in [0.2, 0.25) is 0 Å². The number of rotatable bonds is 6. The lowest BCUT2D eigenvalue weighted by Gasteiger charge is -2.29. The van der Waals surface area contributed by atoms with Crippen LogP contribution in [0.5, 0.6) is 0 Å². The van der Waals surface area contributed by atoms with Crippen molar-refractivity contribution in [3.05, 3.63) is 235 Å². The average Bonchev–Trinajstić information content (AvgIpc) is 3.51. The van der Waals surface area contributed by atoms with Crippen LogP contribution in [-0.4, -0.2) is 0 Å². The number of fused-ring (bicyclic) bond motifs is 3. The number of benzene rings is 8. The van der Waals surface area contributed by atoms with Crippen LogP contribution in [0.15, 0.2) is 212 Å². The van der Waals surface area contributed by atoms with Crippen LogP contribution in [0, 0.1) is 11.8 Å². The van der Waals surface area contributed by atoms with Crippen LogP contribution >= 0.6 is 0 Å². The molecule has 0 fully saturated rings. The number of para-hydroxylation sites is 2. The van der Waals surface area contributed by atoms with Gasteiger partial charge in [-0.1, -0.05) is 176 Å². The van der Waals surface area contributed by atoms with Crippen LogP contribution in [0.4, 0.5) is 17.1 Å². The van der Waals surface area contributed by atoms with Crippen molar-refractivity contribution in [3.63, 3.8) is 0 Å². The van der Waals surface area contributed by atoms with Crippen LogP contribution < -0.4 is 4.90 Å². The molecule has 9 rings (SSSR count). The third-order valence-electron chi connectivity index (χ3n) is 10.1. The third-order valence-corrected chi connectivity index (χ3v) is 10.1. The van der Waals surface area contributed by atoms with Crippen LogP contribution in [0.25, 0.3) is 33.4 Å². The Kier molecular flexibility index (Phi) is 8.05. The Morgan fingerprint density at radius 3 is 1.40 bits per heavy atom. The van der Waals surface area contributed by atoms with Gasteiger partial charge >= 0.3 is 0 Å². The summed E-state index contributed by atoms with van der Waals surface area (Å²) in [5.41, 5.74) is 14.4. The van der Waals surface area contributed by atoms with Crippen LogP contribution in [0.3, 0.4) is 0 Å². The predicted molar refractivity (Wildman–Crippen MR) is 217 cm³/mol. The molecule has 1 nitrogen and oxygen atoms in total. The van der Waals surface area contributed by atoms with Gasteiger partial charge in [0.15, 0.2) is 0 Å². The maximum Gasteiger partial charge on any atom is 0.108 e. The van der Waals surface area contributed by atoms with Crippen molar-refractivity contribution >= 4 is 17.1 Å². The molecule has 0 spiro atoms. The van der Waals surface area contributed by atoms with Gasteiger partial charge in [-0.3, -0.25) is 0 Å². The van der Waals surface area contributed by atoms with E-state index in [2.05, 4.69) is 223 Å². The largest absolute Gasteiger partial charge is 0.310 e. The zero-order valence-electron chi connectivity index (χ0n) is 28.7. The quantitative estimate of drug-likeness (QED) is 0.160. The highest BCUT2D eigenvalue weighted by molar-refractivity contribution is 5.90. The number of nitrogens with zero attached hydrogens (tertiary/aromatic N) is 1. The molecule has 0 amide bonds. The van der Waals surface area contributed by atoms with Gasteiger partial charge in [0, 0.05) is 22.6 Å². The van der Waals surface area contributed by atoms with Crippen molar-refractivity contribution in [3.8, 4) is 45.2 Å². The van der Waals surface area contributed by atoms with Crippen molar-refractivity contribution in [1.29, 1.82) is 0 Å². The van der Waals surface area contributed by atoms with E-state index in [1.54, 1.807) is 0 Å². The Morgan fingerprint density at radius 1 is 0.346 bits per heavy atom. The number of hydrogen-bond acceptors (Lipinski definition) is 1. The highest BCUT2D eigenvalue weighted by Crippen LogP contribution is 2.54. The van der Waals surface area contributed by atoms with Crippen molar-refractivity contribution in [2.45, 2.75) is 5.41 Å². The first-order chi connectivity index (χ1) is 25.8. The molecule has 1 heteroatoms. The lowest BCUT2D eigenvalue weighted by Crippen LogP contribution is -2.25. The first-order valence-electron chi connectivity index (χ1n) is 17.8. The SMILES string of the molecule is C(#CC1(c2ccc(-c3ccc(-c4ccccc4)cc3)cc2)c2ccccc2-c2cc(N(c3ccccc3)c3ccccc3)ccc21)c1ccccc1. The molecule has 8 aromatic rings. The fourth-order valence-electron chi connectivity index (χ4n) is 7.62. The van der Waals surface area contributed by atoms with Gasteiger partial charge in [0.05, 0.1) is 0 Å². The predicted octanol–water partition coefficient (Wildman–Crippen LogP) is 12.9. The minimum atomic E-state index is -0.666. The molecule has 0 bridgehead atoms. The molecule has 1 aliphatic carbocycles. The Labute approximate surface area is 306 Å². The molecule has 244 valence electrons. The monoisotopic (exact) mass is 661 g/mol. The van der Waals surface area contributed by atoms with Crippen LogP contribution in [-0.2, 0) is 5.41 Å². The molecule has 1 unspecified atom stereocenters. The Balaban J connectivity index is 1.19. The average molecular weight is 662 g/mol. The maximum atomic E-state index is 3.87. The molecule has 0 N–H and O–H groups in total. The van der Waals surface area contributed by atoms with E-state index in [4.69, 9.17) is 0 Å². The molecule has 0 aromatic heterocycles. The van der Waals surface area contributed by atoms with Crippen molar-refractivity contribution in [2.75, 3.05) is 4.90 Å². The van der Waals surface area contributed by atoms with Gasteiger partial charge in [0.25, 0.3) is 0 Å². The van der Waals surface area contributed by atoms with E-state index in [-0.39, 0.29) is 0 Å². The highest BCUT2D eigenvalue weighted by Gasteiger charge is 2.44. The van der Waals surface area contributed by atoms with E-state index < -0.39 is 5.41 Å². The van der Waals surface area contributed by atoms with E-state index in [0.29, 0.717) is 0 Å². The summed E-state index contributed by atoms with van der Waals surface area (Å²) in [6, 6.07) is 75.7. The maximum absolute atomic E-state index is 3.87. The number of anilines is 3. The first-order valence-corrected chi connectivity index (χ1v) is 17.8. The Hall–Kier alpha value is -6.88. The van der Waals surface area contributed by atoms with Gasteiger partial charge in [-0.15, -0.1) is 0 Å². The summed E-state index contributed by atoms with van der Waals surface area (Å²) in [6.45, 7) is 0. The van der Waals surface area contributed by atoms with E-state index in [1.807, 2.05) is 6.07 Å². The lowest BCUT2D eigenvalue weighted by atomic mass is 9.72. The fraction of sp³-hybridized carbons (Fsp3) is 0.0196. The zero-order valence-corrected chi connectivity index (χ0v) is 28.7. The summed E-state index contributed by atoms with van der Waals surface area (Å²) < 4.78 is 0. The summed E-state index contributed by atoms with van der Waals surface area (Å²) in [4.78, 5) is 2.33. The summed E-state index contributed by atoms with van der Waals surface area (Å²) in [6.07, 6.45) is 0. The molecular formula is C51H35N. The highest BCUT2D eigenvalue weighted by atomic mass is 15.1. The van der Waals surface area contributed by atoms with Crippen LogP contribution in [0.1, 0.15) is 22.3 Å². The molecule has 0 radical (unpaired) electrons. The topological polar surface area (TPSA) is 3.24 Å². The molecule has 1 aliphatic rings.